The molecule has 1 aliphatic rings. The highest BCUT2D eigenvalue weighted by atomic mass is 19.1. The normalized spacial score (nSPS) is 17.5. The van der Waals surface area contributed by atoms with Crippen LogP contribution in [0.2, 0.25) is 0 Å². The van der Waals surface area contributed by atoms with Crippen LogP contribution in [-0.2, 0) is 5.54 Å². The van der Waals surface area contributed by atoms with E-state index in [9.17, 15) is 8.78 Å². The van der Waals surface area contributed by atoms with Gasteiger partial charge in [-0.15, -0.1) is 0 Å². The van der Waals surface area contributed by atoms with E-state index in [4.69, 9.17) is 10.3 Å². The van der Waals surface area contributed by atoms with Crippen molar-refractivity contribution in [1.82, 2.24) is 10.3 Å². The van der Waals surface area contributed by atoms with E-state index in [0.717, 1.165) is 16.7 Å². The molecule has 0 saturated heterocycles. The quantitative estimate of drug-likeness (QED) is 0.756. The lowest BCUT2D eigenvalue weighted by atomic mass is 9.78. The average Bonchev–Trinajstić information content (AvgIpc) is 3.07. The first-order valence-electron chi connectivity index (χ1n) is 8.77. The fraction of sp³-hybridized carbons (Fsp3) is 0.136. The summed E-state index contributed by atoms with van der Waals surface area (Å²) in [6, 6.07) is 17.6. The number of rotatable bonds is 3. The molecule has 6 heteroatoms. The summed E-state index contributed by atoms with van der Waals surface area (Å²) in [5.41, 5.74) is 1.83. The number of nitriles is 1. The second-order valence-electron chi connectivity index (χ2n) is 6.64. The molecule has 2 aromatic carbocycles. The van der Waals surface area contributed by atoms with Gasteiger partial charge in [-0.25, -0.2) is 13.8 Å². The second kappa shape index (κ2) is 6.86. The van der Waals surface area contributed by atoms with Gasteiger partial charge in [-0.3, -0.25) is 4.99 Å². The van der Waals surface area contributed by atoms with Crippen LogP contribution in [0.1, 0.15) is 29.3 Å². The van der Waals surface area contributed by atoms with Gasteiger partial charge in [0.05, 0.1) is 6.04 Å². The molecule has 1 aromatic heterocycles. The highest BCUT2D eigenvalue weighted by Crippen LogP contribution is 2.39. The Balaban J connectivity index is 1.84. The van der Waals surface area contributed by atoms with Crippen LogP contribution in [0.5, 0.6) is 0 Å². The first kappa shape index (κ1) is 17.8. The standard InChI is InChI=1S/C22H16F2N4/c1-14-22(16-2-6-18(23)7-3-16,17-4-8-19(24)9-5-17)28-21(27-14)15-10-11-26-20(12-15)13-25/h2-12,14H,1H3,(H,27,28). The maximum atomic E-state index is 13.5. The highest BCUT2D eigenvalue weighted by molar-refractivity contribution is 6.01. The molecule has 0 amide bonds. The van der Waals surface area contributed by atoms with Gasteiger partial charge in [0, 0.05) is 11.8 Å². The molecule has 0 saturated carbocycles. The van der Waals surface area contributed by atoms with Crippen molar-refractivity contribution in [1.29, 1.82) is 5.26 Å². The summed E-state index contributed by atoms with van der Waals surface area (Å²) in [6.07, 6.45) is 1.55. The van der Waals surface area contributed by atoms with Crippen LogP contribution in [0, 0.1) is 23.0 Å². The van der Waals surface area contributed by atoms with Crippen molar-refractivity contribution in [3.63, 3.8) is 0 Å². The Morgan fingerprint density at radius 2 is 1.54 bits per heavy atom. The van der Waals surface area contributed by atoms with Gasteiger partial charge in [-0.05, 0) is 54.4 Å². The highest BCUT2D eigenvalue weighted by Gasteiger charge is 2.45. The Bertz CT molecular complexity index is 1040. The van der Waals surface area contributed by atoms with Crippen molar-refractivity contribution in [3.05, 3.63) is 101 Å². The predicted octanol–water partition coefficient (Wildman–Crippen LogP) is 3.91. The fourth-order valence-corrected chi connectivity index (χ4v) is 3.62. The maximum Gasteiger partial charge on any atom is 0.141 e. The fourth-order valence-electron chi connectivity index (χ4n) is 3.62. The Labute approximate surface area is 161 Å². The molecule has 4 rings (SSSR count). The Kier molecular flexibility index (Phi) is 4.36. The topological polar surface area (TPSA) is 61.1 Å². The zero-order valence-corrected chi connectivity index (χ0v) is 15.0. The number of aromatic nitrogens is 1. The summed E-state index contributed by atoms with van der Waals surface area (Å²) in [7, 11) is 0. The SMILES string of the molecule is CC1N=C(c2ccnc(C#N)c2)NC1(c1ccc(F)cc1)c1ccc(F)cc1. The molecule has 0 aliphatic carbocycles. The molecule has 2 heterocycles. The van der Waals surface area contributed by atoms with E-state index >= 15 is 0 Å². The summed E-state index contributed by atoms with van der Waals surface area (Å²) in [5, 5.41) is 12.6. The van der Waals surface area contributed by atoms with E-state index in [-0.39, 0.29) is 23.4 Å². The van der Waals surface area contributed by atoms with Crippen LogP contribution in [0.25, 0.3) is 0 Å². The van der Waals surface area contributed by atoms with Crippen molar-refractivity contribution in [3.8, 4) is 6.07 Å². The summed E-state index contributed by atoms with van der Waals surface area (Å²) >= 11 is 0. The third-order valence-electron chi connectivity index (χ3n) is 5.01. The zero-order valence-electron chi connectivity index (χ0n) is 15.0. The third kappa shape index (κ3) is 2.91. The number of aliphatic imine (C=N–C) groups is 1. The van der Waals surface area contributed by atoms with Gasteiger partial charge in [-0.1, -0.05) is 24.3 Å². The molecule has 3 aromatic rings. The molecule has 138 valence electrons. The van der Waals surface area contributed by atoms with Crippen molar-refractivity contribution in [2.75, 3.05) is 0 Å². The monoisotopic (exact) mass is 374 g/mol. The molecule has 28 heavy (non-hydrogen) atoms. The van der Waals surface area contributed by atoms with Crippen molar-refractivity contribution in [2.45, 2.75) is 18.5 Å². The smallest absolute Gasteiger partial charge is 0.141 e. The number of pyridine rings is 1. The van der Waals surface area contributed by atoms with Gasteiger partial charge in [0.2, 0.25) is 0 Å². The van der Waals surface area contributed by atoms with E-state index in [0.29, 0.717) is 5.84 Å². The minimum atomic E-state index is -0.799. The molecule has 0 fully saturated rings. The average molecular weight is 374 g/mol. The molecule has 0 bridgehead atoms. The number of hydrogen-bond acceptors (Lipinski definition) is 4. The second-order valence-corrected chi connectivity index (χ2v) is 6.64. The van der Waals surface area contributed by atoms with Crippen molar-refractivity contribution < 1.29 is 8.78 Å². The van der Waals surface area contributed by atoms with E-state index in [2.05, 4.69) is 10.3 Å². The molecular weight excluding hydrogens is 358 g/mol. The largest absolute Gasteiger partial charge is 0.354 e. The van der Waals surface area contributed by atoms with Crippen LogP contribution in [-0.4, -0.2) is 16.9 Å². The van der Waals surface area contributed by atoms with Gasteiger partial charge in [0.25, 0.3) is 0 Å². The number of nitrogens with zero attached hydrogens (tertiary/aromatic N) is 3. The van der Waals surface area contributed by atoms with Crippen molar-refractivity contribution >= 4 is 5.84 Å². The number of nitrogens with one attached hydrogen (secondary N) is 1. The van der Waals surface area contributed by atoms with E-state index < -0.39 is 5.54 Å². The van der Waals surface area contributed by atoms with Crippen LogP contribution in [0.4, 0.5) is 8.78 Å². The lowest BCUT2D eigenvalue weighted by Gasteiger charge is -2.35. The molecule has 1 unspecified atom stereocenters. The predicted molar refractivity (Wildman–Crippen MR) is 102 cm³/mol. The first-order valence-corrected chi connectivity index (χ1v) is 8.77. The van der Waals surface area contributed by atoms with Gasteiger partial charge >= 0.3 is 0 Å². The van der Waals surface area contributed by atoms with Crippen LogP contribution >= 0.6 is 0 Å². The Morgan fingerprint density at radius 3 is 2.07 bits per heavy atom. The zero-order chi connectivity index (χ0) is 19.7. The maximum absolute atomic E-state index is 13.5. The van der Waals surface area contributed by atoms with Crippen LogP contribution < -0.4 is 5.32 Å². The van der Waals surface area contributed by atoms with Crippen LogP contribution in [0.15, 0.2) is 71.9 Å². The number of benzene rings is 2. The molecular formula is C22H16F2N4. The summed E-state index contributed by atoms with van der Waals surface area (Å²) in [5.74, 6) is -0.0739. The Hall–Kier alpha value is -3.59. The lowest BCUT2D eigenvalue weighted by Crippen LogP contribution is -2.47. The van der Waals surface area contributed by atoms with Gasteiger partial charge in [0.15, 0.2) is 0 Å². The first-order chi connectivity index (χ1) is 13.5. The molecule has 0 radical (unpaired) electrons. The van der Waals surface area contributed by atoms with Gasteiger partial charge < -0.3 is 5.32 Å². The lowest BCUT2D eigenvalue weighted by molar-refractivity contribution is 0.433. The van der Waals surface area contributed by atoms with Gasteiger partial charge in [0.1, 0.15) is 34.8 Å². The molecule has 1 atom stereocenters. The van der Waals surface area contributed by atoms with Crippen molar-refractivity contribution in [2.24, 2.45) is 4.99 Å². The molecule has 0 spiro atoms. The summed E-state index contributed by atoms with van der Waals surface area (Å²) in [6.45, 7) is 1.94. The summed E-state index contributed by atoms with van der Waals surface area (Å²) in [4.78, 5) is 8.76. The minimum absolute atomic E-state index is 0.267. The minimum Gasteiger partial charge on any atom is -0.354 e. The molecule has 1 N–H and O–H groups in total. The van der Waals surface area contributed by atoms with Crippen LogP contribution in [0.3, 0.4) is 0 Å². The number of amidine groups is 1. The molecule has 4 nitrogen and oxygen atoms in total. The van der Waals surface area contributed by atoms with E-state index in [1.165, 1.54) is 24.3 Å². The van der Waals surface area contributed by atoms with E-state index in [1.807, 2.05) is 13.0 Å². The number of halogens is 2. The Morgan fingerprint density at radius 1 is 0.964 bits per heavy atom. The summed E-state index contributed by atoms with van der Waals surface area (Å²) < 4.78 is 27.1. The van der Waals surface area contributed by atoms with E-state index in [1.54, 1.807) is 42.6 Å². The molecule has 1 aliphatic heterocycles. The number of hydrogen-bond donors (Lipinski definition) is 1. The van der Waals surface area contributed by atoms with Gasteiger partial charge in [-0.2, -0.15) is 5.26 Å². The third-order valence-corrected chi connectivity index (χ3v) is 5.01.